The van der Waals surface area contributed by atoms with Gasteiger partial charge in [0.1, 0.15) is 11.5 Å². The summed E-state index contributed by atoms with van der Waals surface area (Å²) in [6.45, 7) is 7.61. The molecule has 0 aliphatic heterocycles. The standard InChI is InChI=1S/C23H27N3O5/c1-22(2)7-16(28)13(17(29)8-22)11-24-20-6-5-15(27)21(26-20)25-12-14-18(30)9-23(3,4)10-19(14)31/h5-6,11-12,27-28,30H,7-10H2,1-4H3/b24-11?,25-12+. The third-order valence-electron chi connectivity index (χ3n) is 5.27. The van der Waals surface area contributed by atoms with Crippen molar-refractivity contribution in [1.29, 1.82) is 0 Å². The van der Waals surface area contributed by atoms with E-state index in [0.717, 1.165) is 0 Å². The Hall–Kier alpha value is -3.29. The van der Waals surface area contributed by atoms with E-state index in [4.69, 9.17) is 0 Å². The summed E-state index contributed by atoms with van der Waals surface area (Å²) in [5.74, 6) is -0.624. The fraction of sp³-hybridized carbons (Fsp3) is 0.435. The number of hydrogen-bond acceptors (Lipinski definition) is 8. The number of aromatic nitrogens is 1. The Bertz CT molecular complexity index is 1060. The van der Waals surface area contributed by atoms with E-state index >= 15 is 0 Å². The molecule has 0 amide bonds. The van der Waals surface area contributed by atoms with Crippen LogP contribution < -0.4 is 0 Å². The number of hydrogen-bond donors (Lipinski definition) is 3. The zero-order chi connectivity index (χ0) is 23.0. The molecule has 8 nitrogen and oxygen atoms in total. The van der Waals surface area contributed by atoms with E-state index in [1.807, 2.05) is 27.7 Å². The SMILES string of the molecule is CC1(C)CC(=O)C(C=Nc2ccc(O)c(/N=C/C3=C(O)CC(C)(C)CC3=O)n2)=C(O)C1. The minimum Gasteiger partial charge on any atom is -0.511 e. The van der Waals surface area contributed by atoms with Gasteiger partial charge in [0.25, 0.3) is 0 Å². The minimum absolute atomic E-state index is 0.0110. The lowest BCUT2D eigenvalue weighted by molar-refractivity contribution is -0.118. The van der Waals surface area contributed by atoms with Crippen LogP contribution in [0.1, 0.15) is 53.4 Å². The van der Waals surface area contributed by atoms with Gasteiger partial charge >= 0.3 is 0 Å². The van der Waals surface area contributed by atoms with Crippen molar-refractivity contribution in [2.45, 2.75) is 53.4 Å². The predicted molar refractivity (Wildman–Crippen MR) is 118 cm³/mol. The Morgan fingerprint density at radius 3 is 1.77 bits per heavy atom. The Balaban J connectivity index is 1.85. The first-order chi connectivity index (χ1) is 14.4. The summed E-state index contributed by atoms with van der Waals surface area (Å²) >= 11 is 0. The molecule has 3 N–H and O–H groups in total. The van der Waals surface area contributed by atoms with Gasteiger partial charge in [-0.05, 0) is 23.0 Å². The third-order valence-corrected chi connectivity index (χ3v) is 5.27. The summed E-state index contributed by atoms with van der Waals surface area (Å²) in [6, 6.07) is 2.77. The zero-order valence-corrected chi connectivity index (χ0v) is 18.1. The molecule has 8 heteroatoms. The number of Topliss-reactive ketones (excluding diaryl/α,β-unsaturated/α-hetero) is 2. The van der Waals surface area contributed by atoms with Crippen LogP contribution in [0.2, 0.25) is 0 Å². The van der Waals surface area contributed by atoms with Gasteiger partial charge in [-0.15, -0.1) is 0 Å². The number of pyridine rings is 1. The molecule has 0 saturated carbocycles. The molecule has 0 fully saturated rings. The van der Waals surface area contributed by atoms with Crippen LogP contribution in [0.15, 0.2) is 44.8 Å². The van der Waals surface area contributed by atoms with Gasteiger partial charge in [0.15, 0.2) is 29.0 Å². The Morgan fingerprint density at radius 1 is 0.806 bits per heavy atom. The van der Waals surface area contributed by atoms with Crippen LogP contribution in [0.3, 0.4) is 0 Å². The molecular weight excluding hydrogens is 398 g/mol. The second-order valence-electron chi connectivity index (χ2n) is 9.63. The smallest absolute Gasteiger partial charge is 0.196 e. The van der Waals surface area contributed by atoms with E-state index in [0.29, 0.717) is 19.3 Å². The summed E-state index contributed by atoms with van der Waals surface area (Å²) in [5.41, 5.74) is -0.382. The van der Waals surface area contributed by atoms with E-state index in [-0.39, 0.29) is 68.9 Å². The molecule has 31 heavy (non-hydrogen) atoms. The van der Waals surface area contributed by atoms with Crippen molar-refractivity contribution in [2.75, 3.05) is 0 Å². The largest absolute Gasteiger partial charge is 0.511 e. The first kappa shape index (κ1) is 22.4. The molecule has 0 saturated heterocycles. The number of ketones is 2. The molecule has 0 spiro atoms. The number of carbonyl (C=O) groups excluding carboxylic acids is 2. The van der Waals surface area contributed by atoms with Gasteiger partial charge in [-0.25, -0.2) is 15.0 Å². The quantitative estimate of drug-likeness (QED) is 0.604. The molecule has 164 valence electrons. The molecule has 1 aromatic rings. The number of aliphatic hydroxyl groups is 2. The van der Waals surface area contributed by atoms with Crippen molar-refractivity contribution >= 4 is 35.6 Å². The summed E-state index contributed by atoms with van der Waals surface area (Å²) in [5, 5.41) is 30.4. The van der Waals surface area contributed by atoms with E-state index in [2.05, 4.69) is 15.0 Å². The molecule has 2 aliphatic carbocycles. The minimum atomic E-state index is -0.320. The Morgan fingerprint density at radius 2 is 1.29 bits per heavy atom. The van der Waals surface area contributed by atoms with Crippen molar-refractivity contribution in [1.82, 2.24) is 4.98 Å². The van der Waals surface area contributed by atoms with E-state index in [1.54, 1.807) is 0 Å². The normalized spacial score (nSPS) is 21.5. The van der Waals surface area contributed by atoms with E-state index in [9.17, 15) is 24.9 Å². The summed E-state index contributed by atoms with van der Waals surface area (Å²) in [7, 11) is 0. The van der Waals surface area contributed by atoms with Crippen molar-refractivity contribution in [3.63, 3.8) is 0 Å². The molecule has 0 unspecified atom stereocenters. The Labute approximate surface area is 180 Å². The van der Waals surface area contributed by atoms with Crippen LogP contribution in [0, 0.1) is 10.8 Å². The van der Waals surface area contributed by atoms with Crippen LogP contribution in [0.5, 0.6) is 5.75 Å². The fourth-order valence-electron chi connectivity index (χ4n) is 3.75. The van der Waals surface area contributed by atoms with Crippen LogP contribution in [0.4, 0.5) is 11.6 Å². The fourth-order valence-corrected chi connectivity index (χ4v) is 3.75. The molecule has 2 aliphatic rings. The maximum atomic E-state index is 12.3. The average molecular weight is 425 g/mol. The lowest BCUT2D eigenvalue weighted by Crippen LogP contribution is -2.26. The van der Waals surface area contributed by atoms with Crippen LogP contribution in [-0.4, -0.2) is 44.3 Å². The van der Waals surface area contributed by atoms with Crippen molar-refractivity contribution < 1.29 is 24.9 Å². The number of aliphatic imine (C=N–C) groups is 2. The Kier molecular flexibility index (Phi) is 5.85. The first-order valence-electron chi connectivity index (χ1n) is 10.1. The monoisotopic (exact) mass is 425 g/mol. The maximum absolute atomic E-state index is 12.3. The second kappa shape index (κ2) is 8.09. The van der Waals surface area contributed by atoms with Crippen LogP contribution >= 0.6 is 0 Å². The molecule has 0 bridgehead atoms. The predicted octanol–water partition coefficient (Wildman–Crippen LogP) is 4.59. The second-order valence-corrected chi connectivity index (χ2v) is 9.63. The van der Waals surface area contributed by atoms with Gasteiger partial charge < -0.3 is 15.3 Å². The van der Waals surface area contributed by atoms with E-state index in [1.165, 1.54) is 24.6 Å². The molecule has 0 atom stereocenters. The highest BCUT2D eigenvalue weighted by atomic mass is 16.3. The lowest BCUT2D eigenvalue weighted by atomic mass is 9.77. The average Bonchev–Trinajstić information content (AvgIpc) is 2.60. The highest BCUT2D eigenvalue weighted by Gasteiger charge is 2.33. The molecule has 3 rings (SSSR count). The topological polar surface area (TPSA) is 132 Å². The van der Waals surface area contributed by atoms with Crippen molar-refractivity contribution in [3.8, 4) is 5.75 Å². The third kappa shape index (κ3) is 5.25. The number of rotatable bonds is 4. The molecule has 1 heterocycles. The number of carbonyl (C=O) groups is 2. The molecule has 0 aromatic carbocycles. The van der Waals surface area contributed by atoms with Crippen LogP contribution in [0.25, 0.3) is 0 Å². The summed E-state index contributed by atoms with van der Waals surface area (Å²) in [6.07, 6.45) is 3.78. The van der Waals surface area contributed by atoms with Gasteiger partial charge in [0.2, 0.25) is 0 Å². The summed E-state index contributed by atoms with van der Waals surface area (Å²) in [4.78, 5) is 36.9. The van der Waals surface area contributed by atoms with E-state index < -0.39 is 0 Å². The molecule has 1 aromatic heterocycles. The number of aliphatic hydroxyl groups excluding tert-OH is 2. The van der Waals surface area contributed by atoms with Gasteiger partial charge in [-0.1, -0.05) is 27.7 Å². The zero-order valence-electron chi connectivity index (χ0n) is 18.1. The van der Waals surface area contributed by atoms with Crippen LogP contribution in [-0.2, 0) is 9.59 Å². The van der Waals surface area contributed by atoms with Crippen molar-refractivity contribution in [3.05, 3.63) is 34.8 Å². The highest BCUT2D eigenvalue weighted by Crippen LogP contribution is 2.36. The highest BCUT2D eigenvalue weighted by molar-refractivity contribution is 6.15. The van der Waals surface area contributed by atoms with Gasteiger partial charge in [0.05, 0.1) is 11.1 Å². The van der Waals surface area contributed by atoms with Gasteiger partial charge in [-0.3, -0.25) is 9.59 Å². The number of aromatic hydroxyl groups is 1. The maximum Gasteiger partial charge on any atom is 0.196 e. The van der Waals surface area contributed by atoms with Gasteiger partial charge in [-0.2, -0.15) is 0 Å². The molecule has 0 radical (unpaired) electrons. The number of allylic oxidation sites excluding steroid dienone is 4. The number of nitrogens with zero attached hydrogens (tertiary/aromatic N) is 3. The molecular formula is C23H27N3O5. The van der Waals surface area contributed by atoms with Crippen molar-refractivity contribution in [2.24, 2.45) is 20.8 Å². The van der Waals surface area contributed by atoms with Gasteiger partial charge in [0, 0.05) is 38.1 Å². The first-order valence-corrected chi connectivity index (χ1v) is 10.1. The lowest BCUT2D eigenvalue weighted by Gasteiger charge is -2.28. The summed E-state index contributed by atoms with van der Waals surface area (Å²) < 4.78 is 0.